The molecule has 2 amide bonds. The van der Waals surface area contributed by atoms with Crippen molar-refractivity contribution in [3.63, 3.8) is 0 Å². The molecule has 0 unspecified atom stereocenters. The maximum absolute atomic E-state index is 12.6. The number of anilines is 3. The molecule has 33 heavy (non-hydrogen) atoms. The Kier molecular flexibility index (Phi) is 6.89. The maximum Gasteiger partial charge on any atom is 0.240 e. The lowest BCUT2D eigenvalue weighted by Gasteiger charge is -2.28. The van der Waals surface area contributed by atoms with Crippen LogP contribution in [0.3, 0.4) is 0 Å². The Morgan fingerprint density at radius 1 is 0.939 bits per heavy atom. The Bertz CT molecular complexity index is 1110. The SMILES string of the molecule is Cc1cc(N2CCCCC2)nc(NCCNS(=O)(=O)c2ccc(N3C(=O)CCC3=O)cc2)n1. The van der Waals surface area contributed by atoms with Gasteiger partial charge in [-0.1, -0.05) is 0 Å². The largest absolute Gasteiger partial charge is 0.356 e. The van der Waals surface area contributed by atoms with Gasteiger partial charge in [-0.3, -0.25) is 14.5 Å². The van der Waals surface area contributed by atoms with Gasteiger partial charge in [-0.15, -0.1) is 0 Å². The molecule has 11 heteroatoms. The minimum atomic E-state index is -3.74. The minimum Gasteiger partial charge on any atom is -0.356 e. The fourth-order valence-corrected chi connectivity index (χ4v) is 5.03. The predicted molar refractivity (Wildman–Crippen MR) is 125 cm³/mol. The molecular weight excluding hydrogens is 444 g/mol. The zero-order valence-electron chi connectivity index (χ0n) is 18.6. The van der Waals surface area contributed by atoms with Crippen molar-refractivity contribution in [2.75, 3.05) is 41.3 Å². The molecule has 1 aromatic carbocycles. The predicted octanol–water partition coefficient (Wildman–Crippen LogP) is 1.82. The summed E-state index contributed by atoms with van der Waals surface area (Å²) in [6.45, 7) is 4.33. The molecule has 0 atom stereocenters. The van der Waals surface area contributed by atoms with Crippen LogP contribution >= 0.6 is 0 Å². The van der Waals surface area contributed by atoms with E-state index in [9.17, 15) is 18.0 Å². The average Bonchev–Trinajstić information content (AvgIpc) is 3.15. The standard InChI is InChI=1S/C22H28N6O4S/c1-16-15-19(27-13-3-2-4-14-27)26-22(25-16)23-11-12-24-33(31,32)18-7-5-17(6-8-18)28-20(29)9-10-21(28)30/h5-8,15,24H,2-4,9-14H2,1H3,(H,23,25,26). The molecule has 10 nitrogen and oxygen atoms in total. The summed E-state index contributed by atoms with van der Waals surface area (Å²) in [4.78, 5) is 36.1. The van der Waals surface area contributed by atoms with Gasteiger partial charge in [-0.2, -0.15) is 4.98 Å². The molecule has 2 aromatic rings. The van der Waals surface area contributed by atoms with E-state index in [-0.39, 0.29) is 36.1 Å². The molecule has 176 valence electrons. The lowest BCUT2D eigenvalue weighted by molar-refractivity contribution is -0.121. The molecule has 1 aromatic heterocycles. The number of sulfonamides is 1. The van der Waals surface area contributed by atoms with Crippen molar-refractivity contribution < 1.29 is 18.0 Å². The third kappa shape index (κ3) is 5.48. The van der Waals surface area contributed by atoms with Crippen LogP contribution in [-0.4, -0.2) is 56.4 Å². The van der Waals surface area contributed by atoms with E-state index in [1.165, 1.54) is 30.7 Å². The molecule has 0 bridgehead atoms. The van der Waals surface area contributed by atoms with Crippen LogP contribution in [0.5, 0.6) is 0 Å². The van der Waals surface area contributed by atoms with Crippen LogP contribution in [0.1, 0.15) is 37.8 Å². The third-order valence-corrected chi connectivity index (χ3v) is 7.15. The highest BCUT2D eigenvalue weighted by molar-refractivity contribution is 7.89. The van der Waals surface area contributed by atoms with Gasteiger partial charge in [0.25, 0.3) is 0 Å². The maximum atomic E-state index is 12.6. The second-order valence-corrected chi connectivity index (χ2v) is 9.95. The molecule has 0 spiro atoms. The quantitative estimate of drug-likeness (QED) is 0.440. The van der Waals surface area contributed by atoms with Crippen LogP contribution in [0.4, 0.5) is 17.5 Å². The summed E-state index contributed by atoms with van der Waals surface area (Å²) in [7, 11) is -3.74. The monoisotopic (exact) mass is 472 g/mol. The Balaban J connectivity index is 1.32. The van der Waals surface area contributed by atoms with Gasteiger partial charge in [0.1, 0.15) is 5.82 Å². The number of hydrogen-bond donors (Lipinski definition) is 2. The molecule has 2 N–H and O–H groups in total. The van der Waals surface area contributed by atoms with E-state index in [1.807, 2.05) is 13.0 Å². The van der Waals surface area contributed by atoms with E-state index < -0.39 is 10.0 Å². The number of amides is 2. The Labute approximate surface area is 193 Å². The van der Waals surface area contributed by atoms with Crippen molar-refractivity contribution in [1.82, 2.24) is 14.7 Å². The highest BCUT2D eigenvalue weighted by Crippen LogP contribution is 2.24. The van der Waals surface area contributed by atoms with E-state index in [4.69, 9.17) is 0 Å². The van der Waals surface area contributed by atoms with Crippen molar-refractivity contribution in [1.29, 1.82) is 0 Å². The molecule has 2 aliphatic rings. The number of piperidine rings is 1. The minimum absolute atomic E-state index is 0.0598. The van der Waals surface area contributed by atoms with Gasteiger partial charge in [0.2, 0.25) is 27.8 Å². The van der Waals surface area contributed by atoms with Crippen LogP contribution in [0, 0.1) is 6.92 Å². The number of hydrogen-bond acceptors (Lipinski definition) is 8. The summed E-state index contributed by atoms with van der Waals surface area (Å²) in [5, 5.41) is 3.09. The summed E-state index contributed by atoms with van der Waals surface area (Å²) in [5.41, 5.74) is 1.23. The second-order valence-electron chi connectivity index (χ2n) is 8.18. The van der Waals surface area contributed by atoms with Crippen molar-refractivity contribution in [3.8, 4) is 0 Å². The number of carbonyl (C=O) groups is 2. The van der Waals surface area contributed by atoms with Crippen molar-refractivity contribution in [3.05, 3.63) is 36.0 Å². The number of nitrogens with one attached hydrogen (secondary N) is 2. The van der Waals surface area contributed by atoms with Crippen LogP contribution in [0.15, 0.2) is 35.2 Å². The van der Waals surface area contributed by atoms with Crippen LogP contribution in [-0.2, 0) is 19.6 Å². The third-order valence-electron chi connectivity index (χ3n) is 5.68. The topological polar surface area (TPSA) is 125 Å². The number of aryl methyl sites for hydroxylation is 1. The average molecular weight is 473 g/mol. The number of nitrogens with zero attached hydrogens (tertiary/aromatic N) is 4. The molecule has 2 aliphatic heterocycles. The van der Waals surface area contributed by atoms with E-state index in [1.54, 1.807) is 0 Å². The molecule has 0 saturated carbocycles. The fraction of sp³-hybridized carbons (Fsp3) is 0.455. The van der Waals surface area contributed by atoms with E-state index in [2.05, 4.69) is 24.9 Å². The highest BCUT2D eigenvalue weighted by atomic mass is 32.2. The smallest absolute Gasteiger partial charge is 0.240 e. The summed E-state index contributed by atoms with van der Waals surface area (Å²) < 4.78 is 27.7. The zero-order chi connectivity index (χ0) is 23.4. The number of rotatable bonds is 8. The summed E-state index contributed by atoms with van der Waals surface area (Å²) in [6, 6.07) is 7.68. The van der Waals surface area contributed by atoms with Gasteiger partial charge >= 0.3 is 0 Å². The number of aromatic nitrogens is 2. The highest BCUT2D eigenvalue weighted by Gasteiger charge is 2.30. The summed E-state index contributed by atoms with van der Waals surface area (Å²) in [6.07, 6.45) is 3.90. The molecule has 2 saturated heterocycles. The van der Waals surface area contributed by atoms with Gasteiger partial charge in [0.05, 0.1) is 10.6 Å². The number of imide groups is 1. The summed E-state index contributed by atoms with van der Waals surface area (Å²) >= 11 is 0. The van der Waals surface area contributed by atoms with Crippen LogP contribution in [0.25, 0.3) is 0 Å². The molecule has 2 fully saturated rings. The van der Waals surface area contributed by atoms with Gasteiger partial charge in [0, 0.05) is 50.8 Å². The fourth-order valence-electron chi connectivity index (χ4n) is 4.00. The second kappa shape index (κ2) is 9.84. The van der Waals surface area contributed by atoms with Crippen molar-refractivity contribution >= 4 is 39.3 Å². The normalized spacial score (nSPS) is 17.0. The summed E-state index contributed by atoms with van der Waals surface area (Å²) in [5.74, 6) is 0.808. The first-order valence-electron chi connectivity index (χ1n) is 11.1. The van der Waals surface area contributed by atoms with E-state index in [0.717, 1.165) is 42.3 Å². The lowest BCUT2D eigenvalue weighted by atomic mass is 10.1. The molecule has 4 rings (SSSR count). The van der Waals surface area contributed by atoms with Crippen molar-refractivity contribution in [2.24, 2.45) is 0 Å². The molecule has 0 aliphatic carbocycles. The van der Waals surface area contributed by atoms with Gasteiger partial charge in [0.15, 0.2) is 0 Å². The molecule has 0 radical (unpaired) electrons. The first kappa shape index (κ1) is 23.1. The van der Waals surface area contributed by atoms with Crippen molar-refractivity contribution in [2.45, 2.75) is 43.9 Å². The Hall–Kier alpha value is -3.05. The van der Waals surface area contributed by atoms with Gasteiger partial charge < -0.3 is 10.2 Å². The zero-order valence-corrected chi connectivity index (χ0v) is 19.4. The number of benzene rings is 1. The van der Waals surface area contributed by atoms with Gasteiger partial charge in [-0.05, 0) is 50.5 Å². The van der Waals surface area contributed by atoms with E-state index >= 15 is 0 Å². The van der Waals surface area contributed by atoms with E-state index in [0.29, 0.717) is 18.2 Å². The number of carbonyl (C=O) groups excluding carboxylic acids is 2. The lowest BCUT2D eigenvalue weighted by Crippen LogP contribution is -2.31. The Morgan fingerprint density at radius 2 is 1.61 bits per heavy atom. The first-order chi connectivity index (χ1) is 15.8. The van der Waals surface area contributed by atoms with Crippen LogP contribution < -0.4 is 19.8 Å². The molecular formula is C22H28N6O4S. The van der Waals surface area contributed by atoms with Crippen LogP contribution in [0.2, 0.25) is 0 Å². The Morgan fingerprint density at radius 3 is 2.27 bits per heavy atom. The van der Waals surface area contributed by atoms with Gasteiger partial charge in [-0.25, -0.2) is 18.1 Å². The first-order valence-corrected chi connectivity index (χ1v) is 12.6. The molecule has 3 heterocycles.